The number of nitrogens with zero attached hydrogens (tertiary/aromatic N) is 1. The van der Waals surface area contributed by atoms with E-state index in [0.717, 1.165) is 0 Å². The molecule has 0 bridgehead atoms. The summed E-state index contributed by atoms with van der Waals surface area (Å²) in [6.07, 6.45) is 1.62. The Hall–Kier alpha value is -1.62. The Balaban J connectivity index is 2.35. The van der Waals surface area contributed by atoms with E-state index in [-0.39, 0.29) is 12.1 Å². The minimum atomic E-state index is -0.322. The van der Waals surface area contributed by atoms with Crippen LogP contribution in [0.25, 0.3) is 0 Å². The van der Waals surface area contributed by atoms with Crippen LogP contribution in [-0.2, 0) is 0 Å². The number of anilines is 1. The number of amides is 2. The van der Waals surface area contributed by atoms with Gasteiger partial charge < -0.3 is 0 Å². The molecule has 0 aliphatic heterocycles. The van der Waals surface area contributed by atoms with E-state index in [0.29, 0.717) is 5.82 Å². The summed E-state index contributed by atoms with van der Waals surface area (Å²) >= 11 is 0. The zero-order chi connectivity index (χ0) is 10.4. The van der Waals surface area contributed by atoms with Crippen molar-refractivity contribution in [3.63, 3.8) is 0 Å². The van der Waals surface area contributed by atoms with E-state index in [1.54, 1.807) is 24.4 Å². The summed E-state index contributed by atoms with van der Waals surface area (Å²) in [5.41, 5.74) is 5.27. The number of aromatic nitrogens is 1. The van der Waals surface area contributed by atoms with Crippen molar-refractivity contribution in [2.75, 3.05) is 5.32 Å². The zero-order valence-corrected chi connectivity index (χ0v) is 8.24. The van der Waals surface area contributed by atoms with E-state index in [1.807, 2.05) is 13.8 Å². The number of carbonyl (C=O) groups excluding carboxylic acids is 1. The molecule has 1 heterocycles. The second kappa shape index (κ2) is 5.18. The van der Waals surface area contributed by atoms with E-state index < -0.39 is 0 Å². The van der Waals surface area contributed by atoms with Crippen LogP contribution >= 0.6 is 0 Å². The fourth-order valence-electron chi connectivity index (χ4n) is 0.794. The molecule has 1 aromatic rings. The van der Waals surface area contributed by atoms with Gasteiger partial charge in [-0.1, -0.05) is 6.07 Å². The molecule has 1 rings (SSSR count). The lowest BCUT2D eigenvalue weighted by atomic mass is 10.4. The predicted molar refractivity (Wildman–Crippen MR) is 54.7 cm³/mol. The number of nitrogens with one attached hydrogen (secondary N) is 3. The minimum absolute atomic E-state index is 0.199. The molecule has 3 N–H and O–H groups in total. The van der Waals surface area contributed by atoms with Crippen LogP contribution in [0, 0.1) is 0 Å². The first-order valence-electron chi connectivity index (χ1n) is 4.42. The van der Waals surface area contributed by atoms with Crippen LogP contribution in [0.4, 0.5) is 10.6 Å². The fraction of sp³-hybridized carbons (Fsp3) is 0.333. The Labute approximate surface area is 82.9 Å². The Morgan fingerprint density at radius 2 is 2.21 bits per heavy atom. The molecule has 0 saturated heterocycles. The summed E-state index contributed by atoms with van der Waals surface area (Å²) in [5.74, 6) is 0.524. The molecule has 5 nitrogen and oxygen atoms in total. The van der Waals surface area contributed by atoms with Crippen LogP contribution < -0.4 is 16.2 Å². The number of hydrogen-bond donors (Lipinski definition) is 3. The Morgan fingerprint density at radius 1 is 1.43 bits per heavy atom. The highest BCUT2D eigenvalue weighted by Gasteiger charge is 2.00. The van der Waals surface area contributed by atoms with Crippen molar-refractivity contribution >= 4 is 11.8 Å². The first kappa shape index (κ1) is 10.5. The topological polar surface area (TPSA) is 66.0 Å². The van der Waals surface area contributed by atoms with Crippen molar-refractivity contribution in [1.82, 2.24) is 15.8 Å². The molecule has 0 aromatic carbocycles. The van der Waals surface area contributed by atoms with Crippen molar-refractivity contribution in [3.05, 3.63) is 24.4 Å². The van der Waals surface area contributed by atoms with Gasteiger partial charge in [-0.2, -0.15) is 0 Å². The third-order valence-electron chi connectivity index (χ3n) is 1.38. The lowest BCUT2D eigenvalue weighted by Crippen LogP contribution is -2.44. The van der Waals surface area contributed by atoms with E-state index in [4.69, 9.17) is 0 Å². The van der Waals surface area contributed by atoms with Crippen molar-refractivity contribution in [3.8, 4) is 0 Å². The van der Waals surface area contributed by atoms with Gasteiger partial charge in [0.2, 0.25) is 0 Å². The molecule has 0 atom stereocenters. The Morgan fingerprint density at radius 3 is 2.79 bits per heavy atom. The van der Waals surface area contributed by atoms with E-state index in [9.17, 15) is 4.79 Å². The predicted octanol–water partition coefficient (Wildman–Crippen LogP) is 1.12. The third kappa shape index (κ3) is 3.86. The molecule has 76 valence electrons. The highest BCUT2D eigenvalue weighted by atomic mass is 16.2. The van der Waals surface area contributed by atoms with Crippen LogP contribution in [0.5, 0.6) is 0 Å². The lowest BCUT2D eigenvalue weighted by Gasteiger charge is -2.10. The summed E-state index contributed by atoms with van der Waals surface area (Å²) in [6, 6.07) is 5.19. The molecule has 5 heteroatoms. The zero-order valence-electron chi connectivity index (χ0n) is 8.24. The minimum Gasteiger partial charge on any atom is -0.291 e. The Bertz CT molecular complexity index is 286. The molecule has 0 aliphatic carbocycles. The summed E-state index contributed by atoms with van der Waals surface area (Å²) in [6.45, 7) is 3.86. The van der Waals surface area contributed by atoms with Gasteiger partial charge in [-0.15, -0.1) is 0 Å². The SMILES string of the molecule is CC(C)NNC(=O)Nc1ccccn1. The van der Waals surface area contributed by atoms with Crippen molar-refractivity contribution in [2.45, 2.75) is 19.9 Å². The first-order valence-corrected chi connectivity index (χ1v) is 4.42. The van der Waals surface area contributed by atoms with Crippen LogP contribution in [0.2, 0.25) is 0 Å². The molecule has 0 radical (unpaired) electrons. The number of rotatable bonds is 3. The van der Waals surface area contributed by atoms with Gasteiger partial charge in [0.15, 0.2) is 0 Å². The summed E-state index contributed by atoms with van der Waals surface area (Å²) in [4.78, 5) is 15.1. The molecule has 1 aromatic heterocycles. The quantitative estimate of drug-likeness (QED) is 0.631. The van der Waals surface area contributed by atoms with E-state index in [1.165, 1.54) is 0 Å². The number of pyridine rings is 1. The fourth-order valence-corrected chi connectivity index (χ4v) is 0.794. The van der Waals surface area contributed by atoms with Crippen molar-refractivity contribution < 1.29 is 4.79 Å². The highest BCUT2D eigenvalue weighted by molar-refractivity contribution is 5.87. The largest absolute Gasteiger partial charge is 0.334 e. The molecular weight excluding hydrogens is 180 g/mol. The van der Waals surface area contributed by atoms with Gasteiger partial charge in [0.05, 0.1) is 0 Å². The van der Waals surface area contributed by atoms with E-state index in [2.05, 4.69) is 21.2 Å². The number of hydrazine groups is 1. The number of carbonyl (C=O) groups is 1. The average molecular weight is 194 g/mol. The second-order valence-electron chi connectivity index (χ2n) is 3.09. The normalized spacial score (nSPS) is 9.93. The monoisotopic (exact) mass is 194 g/mol. The maximum Gasteiger partial charge on any atom is 0.334 e. The van der Waals surface area contributed by atoms with Gasteiger partial charge in [-0.25, -0.2) is 15.2 Å². The first-order chi connectivity index (χ1) is 6.68. The van der Waals surface area contributed by atoms with Gasteiger partial charge in [0.1, 0.15) is 5.82 Å². The summed E-state index contributed by atoms with van der Waals surface area (Å²) < 4.78 is 0. The molecule has 0 aliphatic rings. The number of urea groups is 1. The lowest BCUT2D eigenvalue weighted by molar-refractivity contribution is 0.246. The van der Waals surface area contributed by atoms with Crippen molar-refractivity contribution in [2.24, 2.45) is 0 Å². The third-order valence-corrected chi connectivity index (χ3v) is 1.38. The molecular formula is C9H14N4O. The van der Waals surface area contributed by atoms with Gasteiger partial charge in [-0.05, 0) is 26.0 Å². The van der Waals surface area contributed by atoms with Gasteiger partial charge in [-0.3, -0.25) is 10.7 Å². The average Bonchev–Trinajstić information content (AvgIpc) is 2.16. The number of hydrogen-bond acceptors (Lipinski definition) is 3. The Kier molecular flexibility index (Phi) is 3.87. The maximum atomic E-state index is 11.2. The molecule has 0 unspecified atom stereocenters. The molecule has 0 spiro atoms. The molecule has 14 heavy (non-hydrogen) atoms. The van der Waals surface area contributed by atoms with Crippen molar-refractivity contribution in [1.29, 1.82) is 0 Å². The smallest absolute Gasteiger partial charge is 0.291 e. The standard InChI is InChI=1S/C9H14N4O/c1-7(2)12-13-9(14)11-8-5-3-4-6-10-8/h3-7,12H,1-2H3,(H2,10,11,13,14). The van der Waals surface area contributed by atoms with Crippen LogP contribution in [0.15, 0.2) is 24.4 Å². The summed E-state index contributed by atoms with van der Waals surface area (Å²) in [7, 11) is 0. The van der Waals surface area contributed by atoms with Crippen LogP contribution in [0.1, 0.15) is 13.8 Å². The van der Waals surface area contributed by atoms with Gasteiger partial charge in [0.25, 0.3) is 0 Å². The van der Waals surface area contributed by atoms with Crippen LogP contribution in [-0.4, -0.2) is 17.1 Å². The van der Waals surface area contributed by atoms with Gasteiger partial charge in [0, 0.05) is 12.2 Å². The second-order valence-corrected chi connectivity index (χ2v) is 3.09. The molecule has 0 fully saturated rings. The van der Waals surface area contributed by atoms with Crippen LogP contribution in [0.3, 0.4) is 0 Å². The highest BCUT2D eigenvalue weighted by Crippen LogP contribution is 1.98. The summed E-state index contributed by atoms with van der Waals surface area (Å²) in [5, 5.41) is 2.57. The molecule has 2 amide bonds. The molecule has 0 saturated carbocycles. The maximum absolute atomic E-state index is 11.2. The van der Waals surface area contributed by atoms with E-state index >= 15 is 0 Å². The van der Waals surface area contributed by atoms with Gasteiger partial charge >= 0.3 is 6.03 Å².